The third kappa shape index (κ3) is 3.75. The second kappa shape index (κ2) is 5.56. The molecule has 1 saturated heterocycles. The molecule has 1 aromatic heterocycles. The van der Waals surface area contributed by atoms with E-state index in [0.29, 0.717) is 18.3 Å². The Morgan fingerprint density at radius 1 is 1.53 bits per heavy atom. The summed E-state index contributed by atoms with van der Waals surface area (Å²) in [5.74, 6) is 0. The van der Waals surface area contributed by atoms with E-state index in [1.54, 1.807) is 24.7 Å². The van der Waals surface area contributed by atoms with Crippen LogP contribution in [0.25, 0.3) is 0 Å². The van der Waals surface area contributed by atoms with E-state index >= 15 is 0 Å². The first-order valence-corrected chi connectivity index (χ1v) is 6.85. The monoisotopic (exact) mass is 268 g/mol. The van der Waals surface area contributed by atoms with Gasteiger partial charge < -0.3 is 9.84 Å². The third-order valence-corrected chi connectivity index (χ3v) is 3.46. The number of ether oxygens (including phenoxy) is 1. The minimum atomic E-state index is -0.949. The van der Waals surface area contributed by atoms with Gasteiger partial charge in [0.05, 0.1) is 25.5 Å². The average molecular weight is 268 g/mol. The Balaban J connectivity index is 1.95. The normalized spacial score (nSPS) is 22.1. The molecule has 0 aromatic carbocycles. The van der Waals surface area contributed by atoms with E-state index in [1.165, 1.54) is 0 Å². The molecule has 6 nitrogen and oxygen atoms in total. The van der Waals surface area contributed by atoms with Crippen molar-refractivity contribution in [1.29, 1.82) is 0 Å². The molecule has 1 atom stereocenters. The molecule has 0 spiro atoms. The highest BCUT2D eigenvalue weighted by molar-refractivity contribution is 5.02. The maximum Gasteiger partial charge on any atom is 0.114 e. The highest BCUT2D eigenvalue weighted by Gasteiger charge is 2.24. The van der Waals surface area contributed by atoms with Crippen LogP contribution in [0.5, 0.6) is 0 Å². The maximum atomic E-state index is 9.87. The molecule has 0 aliphatic carbocycles. The topological polar surface area (TPSA) is 63.4 Å². The largest absolute Gasteiger partial charge is 0.384 e. The summed E-state index contributed by atoms with van der Waals surface area (Å²) in [5.41, 5.74) is -0.362. The van der Waals surface area contributed by atoms with E-state index in [-0.39, 0.29) is 6.10 Å². The van der Waals surface area contributed by atoms with Crippen LogP contribution in [0.1, 0.15) is 33.4 Å². The highest BCUT2D eigenvalue weighted by atomic mass is 16.5. The molecule has 1 aliphatic rings. The zero-order valence-corrected chi connectivity index (χ0v) is 12.2. The minimum absolute atomic E-state index is 0.132. The number of morpholine rings is 1. The van der Waals surface area contributed by atoms with E-state index in [1.807, 2.05) is 0 Å². The molecule has 1 fully saturated rings. The fourth-order valence-corrected chi connectivity index (χ4v) is 2.20. The van der Waals surface area contributed by atoms with Crippen molar-refractivity contribution in [2.24, 2.45) is 0 Å². The lowest BCUT2D eigenvalue weighted by Gasteiger charge is -2.35. The predicted octanol–water partition coefficient (Wildman–Crippen LogP) is 0.615. The van der Waals surface area contributed by atoms with Gasteiger partial charge in [-0.25, -0.2) is 4.68 Å². The van der Waals surface area contributed by atoms with Gasteiger partial charge in [0.25, 0.3) is 0 Å². The summed E-state index contributed by atoms with van der Waals surface area (Å²) in [6.45, 7) is 11.1. The Morgan fingerprint density at radius 2 is 2.26 bits per heavy atom. The summed E-state index contributed by atoms with van der Waals surface area (Å²) in [4.78, 5) is 2.40. The highest BCUT2D eigenvalue weighted by Crippen LogP contribution is 2.16. The lowest BCUT2D eigenvalue weighted by Crippen LogP contribution is -2.47. The van der Waals surface area contributed by atoms with Crippen LogP contribution in [0.4, 0.5) is 0 Å². The van der Waals surface area contributed by atoms with E-state index in [4.69, 9.17) is 4.74 Å². The zero-order chi connectivity index (χ0) is 14.0. The molecule has 0 radical (unpaired) electrons. The van der Waals surface area contributed by atoms with Crippen molar-refractivity contribution in [2.45, 2.75) is 52.0 Å². The van der Waals surface area contributed by atoms with Crippen LogP contribution in [0.15, 0.2) is 6.20 Å². The van der Waals surface area contributed by atoms with Gasteiger partial charge in [-0.2, -0.15) is 0 Å². The summed E-state index contributed by atoms with van der Waals surface area (Å²) in [6, 6.07) is 0.536. The van der Waals surface area contributed by atoms with E-state index in [0.717, 1.165) is 19.7 Å². The van der Waals surface area contributed by atoms with Crippen molar-refractivity contribution in [1.82, 2.24) is 19.9 Å². The first-order valence-electron chi connectivity index (χ1n) is 6.85. The van der Waals surface area contributed by atoms with Crippen molar-refractivity contribution in [2.75, 3.05) is 19.7 Å². The van der Waals surface area contributed by atoms with Gasteiger partial charge in [0.1, 0.15) is 11.3 Å². The summed E-state index contributed by atoms with van der Waals surface area (Å²) in [5, 5.41) is 17.9. The van der Waals surface area contributed by atoms with Crippen LogP contribution >= 0.6 is 0 Å². The minimum Gasteiger partial charge on any atom is -0.384 e. The fourth-order valence-electron chi connectivity index (χ4n) is 2.20. The number of aromatic nitrogens is 3. The molecule has 0 amide bonds. The van der Waals surface area contributed by atoms with Crippen molar-refractivity contribution in [3.05, 3.63) is 11.9 Å². The van der Waals surface area contributed by atoms with Crippen LogP contribution in [0.3, 0.4) is 0 Å². The van der Waals surface area contributed by atoms with Crippen LogP contribution < -0.4 is 0 Å². The first-order chi connectivity index (χ1) is 8.86. The lowest BCUT2D eigenvalue weighted by atomic mass is 10.1. The Labute approximate surface area is 114 Å². The predicted molar refractivity (Wildman–Crippen MR) is 71.7 cm³/mol. The summed E-state index contributed by atoms with van der Waals surface area (Å²) in [7, 11) is 0. The van der Waals surface area contributed by atoms with Crippen LogP contribution in [-0.4, -0.2) is 56.8 Å². The summed E-state index contributed by atoms with van der Waals surface area (Å²) < 4.78 is 7.52. The quantitative estimate of drug-likeness (QED) is 0.867. The zero-order valence-electron chi connectivity index (χ0n) is 12.2. The third-order valence-electron chi connectivity index (χ3n) is 3.46. The van der Waals surface area contributed by atoms with Gasteiger partial charge in [0.2, 0.25) is 0 Å². The number of nitrogens with zero attached hydrogens (tertiary/aromatic N) is 4. The molecule has 2 heterocycles. The molecule has 1 N–H and O–H groups in total. The molecule has 1 aromatic rings. The van der Waals surface area contributed by atoms with Crippen LogP contribution in [0.2, 0.25) is 0 Å². The average Bonchev–Trinajstić information content (AvgIpc) is 2.77. The molecule has 0 saturated carbocycles. The van der Waals surface area contributed by atoms with E-state index in [9.17, 15) is 5.11 Å². The molecule has 19 heavy (non-hydrogen) atoms. The molecular weight excluding hydrogens is 244 g/mol. The second-order valence-corrected chi connectivity index (χ2v) is 5.97. The van der Waals surface area contributed by atoms with E-state index < -0.39 is 5.60 Å². The second-order valence-electron chi connectivity index (χ2n) is 5.97. The lowest BCUT2D eigenvalue weighted by molar-refractivity contribution is -0.0471. The Morgan fingerprint density at radius 3 is 2.84 bits per heavy atom. The van der Waals surface area contributed by atoms with Crippen molar-refractivity contribution >= 4 is 0 Å². The molecule has 6 heteroatoms. The van der Waals surface area contributed by atoms with Gasteiger partial charge in [-0.15, -0.1) is 5.10 Å². The van der Waals surface area contributed by atoms with Crippen LogP contribution in [0, 0.1) is 0 Å². The smallest absolute Gasteiger partial charge is 0.114 e. The van der Waals surface area contributed by atoms with Gasteiger partial charge in [-0.05, 0) is 27.7 Å². The summed E-state index contributed by atoms with van der Waals surface area (Å²) >= 11 is 0. The van der Waals surface area contributed by atoms with Gasteiger partial charge in [-0.3, -0.25) is 4.90 Å². The number of hydrogen-bond acceptors (Lipinski definition) is 5. The Bertz CT molecular complexity index is 411. The summed E-state index contributed by atoms with van der Waals surface area (Å²) in [6.07, 6.45) is 1.92. The van der Waals surface area contributed by atoms with Crippen molar-refractivity contribution < 1.29 is 9.84 Å². The van der Waals surface area contributed by atoms with Gasteiger partial charge in [0.15, 0.2) is 0 Å². The number of aliphatic hydroxyl groups is 1. The number of rotatable bonds is 4. The molecule has 0 bridgehead atoms. The molecular formula is C13H24N4O2. The van der Waals surface area contributed by atoms with Crippen LogP contribution in [-0.2, 0) is 16.9 Å². The standard InChI is InChI=1S/C13H24N4O2/c1-10(2)16-5-6-19-11(7-16)8-17-9-12(14-15-17)13(3,4)18/h9-11,18H,5-8H2,1-4H3. The van der Waals surface area contributed by atoms with Crippen molar-refractivity contribution in [3.63, 3.8) is 0 Å². The molecule has 1 aliphatic heterocycles. The van der Waals surface area contributed by atoms with Gasteiger partial charge in [-0.1, -0.05) is 5.21 Å². The Hall–Kier alpha value is -0.980. The van der Waals surface area contributed by atoms with Gasteiger partial charge in [0, 0.05) is 19.1 Å². The van der Waals surface area contributed by atoms with Crippen molar-refractivity contribution in [3.8, 4) is 0 Å². The molecule has 108 valence electrons. The SMILES string of the molecule is CC(C)N1CCOC(Cn2cc(C(C)(C)O)nn2)C1. The number of hydrogen-bond donors (Lipinski definition) is 1. The Kier molecular flexibility index (Phi) is 4.23. The van der Waals surface area contributed by atoms with E-state index in [2.05, 4.69) is 29.1 Å². The van der Waals surface area contributed by atoms with Gasteiger partial charge >= 0.3 is 0 Å². The molecule has 1 unspecified atom stereocenters. The first kappa shape index (κ1) is 14.4. The molecule has 2 rings (SSSR count). The maximum absolute atomic E-state index is 9.87. The fraction of sp³-hybridized carbons (Fsp3) is 0.846.